The minimum Gasteiger partial charge on any atom is -0.389 e. The Morgan fingerprint density at radius 2 is 2.21 bits per heavy atom. The molecule has 3 unspecified atom stereocenters. The molecule has 0 amide bonds. The van der Waals surface area contributed by atoms with Gasteiger partial charge in [0.1, 0.15) is 0 Å². The maximum atomic E-state index is 9.81. The first-order chi connectivity index (χ1) is 9.20. The Bertz CT molecular complexity index is 390. The lowest BCUT2D eigenvalue weighted by atomic mass is 9.99. The van der Waals surface area contributed by atoms with Gasteiger partial charge in [0.15, 0.2) is 0 Å². The Kier molecular flexibility index (Phi) is 5.23. The summed E-state index contributed by atoms with van der Waals surface area (Å²) >= 11 is 0. The molecule has 1 aromatic rings. The van der Waals surface area contributed by atoms with Crippen LogP contribution in [0.3, 0.4) is 0 Å². The number of rotatable bonds is 5. The first-order valence-corrected chi connectivity index (χ1v) is 7.35. The van der Waals surface area contributed by atoms with E-state index in [1.165, 1.54) is 6.42 Å². The normalized spacial score (nSPS) is 25.0. The third-order valence-electron chi connectivity index (χ3n) is 3.75. The van der Waals surface area contributed by atoms with E-state index in [0.29, 0.717) is 12.1 Å². The van der Waals surface area contributed by atoms with Crippen LogP contribution in [0, 0.1) is 0 Å². The fourth-order valence-corrected chi connectivity index (χ4v) is 2.75. The molecule has 1 fully saturated rings. The van der Waals surface area contributed by atoms with E-state index in [0.717, 1.165) is 37.1 Å². The molecule has 2 rings (SSSR count). The summed E-state index contributed by atoms with van der Waals surface area (Å²) in [6, 6.07) is 8.46. The van der Waals surface area contributed by atoms with E-state index in [2.05, 4.69) is 12.2 Å². The smallest absolute Gasteiger partial charge is 0.0781 e. The quantitative estimate of drug-likeness (QED) is 0.854. The van der Waals surface area contributed by atoms with Crippen LogP contribution in [0.2, 0.25) is 0 Å². The van der Waals surface area contributed by atoms with Crippen molar-refractivity contribution < 1.29 is 9.84 Å². The molecule has 3 heteroatoms. The monoisotopic (exact) mass is 263 g/mol. The number of anilines is 1. The molecule has 1 heterocycles. The highest BCUT2D eigenvalue weighted by molar-refractivity contribution is 5.52. The van der Waals surface area contributed by atoms with Crippen molar-refractivity contribution in [2.75, 3.05) is 11.9 Å². The summed E-state index contributed by atoms with van der Waals surface area (Å²) in [5.41, 5.74) is 2.03. The summed E-state index contributed by atoms with van der Waals surface area (Å²) in [5.74, 6) is 0. The van der Waals surface area contributed by atoms with Gasteiger partial charge in [-0.3, -0.25) is 0 Å². The van der Waals surface area contributed by atoms with Crippen molar-refractivity contribution in [3.05, 3.63) is 29.8 Å². The molecule has 19 heavy (non-hydrogen) atoms. The number of aliphatic hydroxyl groups is 1. The SMILES string of the molecule is CCCC1CC(Nc2ccccc2C(C)O)CCO1. The van der Waals surface area contributed by atoms with Crippen LogP contribution < -0.4 is 5.32 Å². The summed E-state index contributed by atoms with van der Waals surface area (Å²) in [6.45, 7) is 4.84. The Labute approximate surface area is 116 Å². The number of hydrogen-bond donors (Lipinski definition) is 2. The van der Waals surface area contributed by atoms with Crippen molar-refractivity contribution in [2.24, 2.45) is 0 Å². The Morgan fingerprint density at radius 1 is 1.42 bits per heavy atom. The second-order valence-electron chi connectivity index (χ2n) is 5.41. The standard InChI is InChI=1S/C16H25NO2/c1-3-6-14-11-13(9-10-19-14)17-16-8-5-4-7-15(16)12(2)18/h4-5,7-8,12-14,17-18H,3,6,9-11H2,1-2H3. The molecule has 2 N–H and O–H groups in total. The molecule has 1 aliphatic rings. The highest BCUT2D eigenvalue weighted by Gasteiger charge is 2.22. The molecule has 0 aromatic heterocycles. The van der Waals surface area contributed by atoms with Gasteiger partial charge < -0.3 is 15.2 Å². The number of benzene rings is 1. The zero-order chi connectivity index (χ0) is 13.7. The zero-order valence-electron chi connectivity index (χ0n) is 11.9. The van der Waals surface area contributed by atoms with Crippen LogP contribution in [0.15, 0.2) is 24.3 Å². The highest BCUT2D eigenvalue weighted by atomic mass is 16.5. The Morgan fingerprint density at radius 3 is 2.95 bits per heavy atom. The number of ether oxygens (including phenoxy) is 1. The lowest BCUT2D eigenvalue weighted by Gasteiger charge is -2.31. The van der Waals surface area contributed by atoms with Gasteiger partial charge in [-0.2, -0.15) is 0 Å². The van der Waals surface area contributed by atoms with Crippen molar-refractivity contribution in [1.29, 1.82) is 0 Å². The molecular formula is C16H25NO2. The van der Waals surface area contributed by atoms with E-state index in [1.54, 1.807) is 0 Å². The van der Waals surface area contributed by atoms with Gasteiger partial charge in [-0.25, -0.2) is 0 Å². The maximum Gasteiger partial charge on any atom is 0.0781 e. The first kappa shape index (κ1) is 14.4. The van der Waals surface area contributed by atoms with Crippen LogP contribution in [0.5, 0.6) is 0 Å². The van der Waals surface area contributed by atoms with Gasteiger partial charge in [-0.15, -0.1) is 0 Å². The van der Waals surface area contributed by atoms with Crippen LogP contribution in [-0.2, 0) is 4.74 Å². The van der Waals surface area contributed by atoms with Crippen LogP contribution >= 0.6 is 0 Å². The molecule has 0 bridgehead atoms. The van der Waals surface area contributed by atoms with Crippen molar-refractivity contribution in [1.82, 2.24) is 0 Å². The van der Waals surface area contributed by atoms with Crippen molar-refractivity contribution in [3.63, 3.8) is 0 Å². The van der Waals surface area contributed by atoms with Gasteiger partial charge in [-0.1, -0.05) is 31.5 Å². The summed E-state index contributed by atoms with van der Waals surface area (Å²) in [5, 5.41) is 13.4. The maximum absolute atomic E-state index is 9.81. The molecule has 106 valence electrons. The van der Waals surface area contributed by atoms with Gasteiger partial charge in [0.25, 0.3) is 0 Å². The molecule has 0 spiro atoms. The van der Waals surface area contributed by atoms with E-state index in [-0.39, 0.29) is 0 Å². The average molecular weight is 263 g/mol. The minimum atomic E-state index is -0.435. The lowest BCUT2D eigenvalue weighted by molar-refractivity contribution is 0.00595. The molecule has 3 atom stereocenters. The van der Waals surface area contributed by atoms with Gasteiger partial charge in [0.2, 0.25) is 0 Å². The van der Waals surface area contributed by atoms with E-state index in [9.17, 15) is 5.11 Å². The molecule has 1 aromatic carbocycles. The molecule has 0 saturated carbocycles. The molecular weight excluding hydrogens is 238 g/mol. The topological polar surface area (TPSA) is 41.5 Å². The van der Waals surface area contributed by atoms with Crippen molar-refractivity contribution in [3.8, 4) is 0 Å². The Balaban J connectivity index is 2.00. The average Bonchev–Trinajstić information content (AvgIpc) is 2.40. The first-order valence-electron chi connectivity index (χ1n) is 7.35. The van der Waals surface area contributed by atoms with Gasteiger partial charge >= 0.3 is 0 Å². The van der Waals surface area contributed by atoms with E-state index in [4.69, 9.17) is 4.74 Å². The summed E-state index contributed by atoms with van der Waals surface area (Å²) in [6.07, 6.45) is 4.35. The number of aliphatic hydroxyl groups excluding tert-OH is 1. The fourth-order valence-electron chi connectivity index (χ4n) is 2.75. The molecule has 0 aliphatic carbocycles. The molecule has 1 aliphatic heterocycles. The van der Waals surface area contributed by atoms with Crippen molar-refractivity contribution in [2.45, 2.75) is 57.8 Å². The largest absolute Gasteiger partial charge is 0.389 e. The summed E-state index contributed by atoms with van der Waals surface area (Å²) in [4.78, 5) is 0. The number of nitrogens with one attached hydrogen (secondary N) is 1. The van der Waals surface area contributed by atoms with Crippen molar-refractivity contribution >= 4 is 5.69 Å². The summed E-state index contributed by atoms with van der Waals surface area (Å²) in [7, 11) is 0. The van der Waals surface area contributed by atoms with Gasteiger partial charge in [0.05, 0.1) is 12.2 Å². The zero-order valence-corrected chi connectivity index (χ0v) is 11.9. The van der Waals surface area contributed by atoms with Crippen LogP contribution in [0.4, 0.5) is 5.69 Å². The molecule has 0 radical (unpaired) electrons. The van der Waals surface area contributed by atoms with E-state index >= 15 is 0 Å². The number of para-hydroxylation sites is 1. The Hall–Kier alpha value is -1.06. The van der Waals surface area contributed by atoms with Crippen LogP contribution in [0.25, 0.3) is 0 Å². The van der Waals surface area contributed by atoms with E-state index < -0.39 is 6.10 Å². The third-order valence-corrected chi connectivity index (χ3v) is 3.75. The van der Waals surface area contributed by atoms with Crippen LogP contribution in [0.1, 0.15) is 51.2 Å². The lowest BCUT2D eigenvalue weighted by Crippen LogP contribution is -2.34. The second-order valence-corrected chi connectivity index (χ2v) is 5.41. The molecule has 1 saturated heterocycles. The van der Waals surface area contributed by atoms with Crippen LogP contribution in [-0.4, -0.2) is 23.9 Å². The fraction of sp³-hybridized carbons (Fsp3) is 0.625. The highest BCUT2D eigenvalue weighted by Crippen LogP contribution is 2.26. The third kappa shape index (κ3) is 3.95. The summed E-state index contributed by atoms with van der Waals surface area (Å²) < 4.78 is 5.77. The predicted octanol–water partition coefficient (Wildman–Crippen LogP) is 3.50. The van der Waals surface area contributed by atoms with Gasteiger partial charge in [0, 0.05) is 23.9 Å². The van der Waals surface area contributed by atoms with E-state index in [1.807, 2.05) is 31.2 Å². The number of hydrogen-bond acceptors (Lipinski definition) is 3. The predicted molar refractivity (Wildman–Crippen MR) is 78.4 cm³/mol. The second kappa shape index (κ2) is 6.92. The molecule has 3 nitrogen and oxygen atoms in total. The minimum absolute atomic E-state index is 0.384. The van der Waals surface area contributed by atoms with Gasteiger partial charge in [-0.05, 0) is 32.3 Å².